The van der Waals surface area contributed by atoms with Gasteiger partial charge in [0.05, 0.1) is 12.6 Å². The summed E-state index contributed by atoms with van der Waals surface area (Å²) in [6.45, 7) is 7.83. The minimum absolute atomic E-state index is 0.301. The summed E-state index contributed by atoms with van der Waals surface area (Å²) >= 11 is 3.51. The normalized spacial score (nSPS) is 12.8. The number of anilines is 2. The predicted molar refractivity (Wildman–Crippen MR) is 77.3 cm³/mol. The topological polar surface area (TPSA) is 47.3 Å². The Hall–Kier alpha value is -0.740. The molecule has 0 aliphatic carbocycles. The minimum Gasteiger partial charge on any atom is -0.399 e. The van der Waals surface area contributed by atoms with Crippen LogP contribution in [0.4, 0.5) is 11.4 Å². The lowest BCUT2D eigenvalue weighted by Crippen LogP contribution is -2.31. The van der Waals surface area contributed by atoms with Crippen LogP contribution in [-0.4, -0.2) is 19.3 Å². The first-order chi connectivity index (χ1) is 8.04. The van der Waals surface area contributed by atoms with Crippen LogP contribution in [0.3, 0.4) is 0 Å². The molecule has 0 bridgehead atoms. The molecule has 0 amide bonds. The highest BCUT2D eigenvalue weighted by atomic mass is 79.9. The Bertz CT molecular complexity index is 355. The maximum atomic E-state index is 5.72. The summed E-state index contributed by atoms with van der Waals surface area (Å²) in [4.78, 5) is 0. The molecule has 1 unspecified atom stereocenters. The molecule has 0 heterocycles. The van der Waals surface area contributed by atoms with E-state index in [1.54, 1.807) is 0 Å². The van der Waals surface area contributed by atoms with Crippen LogP contribution in [0.2, 0.25) is 0 Å². The molecule has 1 aromatic carbocycles. The molecule has 96 valence electrons. The standard InChI is InChI=1S/C13H21BrN2O/c1-4-17-8-13(9(2)3)16-12-6-5-10(15)7-11(12)14/h5-7,9,13,16H,4,8,15H2,1-3H3. The number of halogens is 1. The third-order valence-electron chi connectivity index (χ3n) is 2.64. The molecule has 17 heavy (non-hydrogen) atoms. The molecule has 1 rings (SSSR count). The van der Waals surface area contributed by atoms with Gasteiger partial charge < -0.3 is 15.8 Å². The van der Waals surface area contributed by atoms with Crippen LogP contribution in [0.15, 0.2) is 22.7 Å². The molecular formula is C13H21BrN2O. The summed E-state index contributed by atoms with van der Waals surface area (Å²) in [5.41, 5.74) is 7.53. The molecule has 0 saturated heterocycles. The minimum atomic E-state index is 0.301. The summed E-state index contributed by atoms with van der Waals surface area (Å²) in [7, 11) is 0. The van der Waals surface area contributed by atoms with E-state index in [4.69, 9.17) is 10.5 Å². The second-order valence-corrected chi connectivity index (χ2v) is 5.25. The number of nitrogen functional groups attached to an aromatic ring is 1. The maximum absolute atomic E-state index is 5.72. The number of rotatable bonds is 6. The van der Waals surface area contributed by atoms with Gasteiger partial charge in [0, 0.05) is 22.5 Å². The molecule has 1 atom stereocenters. The van der Waals surface area contributed by atoms with Gasteiger partial charge in [-0.05, 0) is 47.0 Å². The third kappa shape index (κ3) is 4.56. The largest absolute Gasteiger partial charge is 0.399 e. The maximum Gasteiger partial charge on any atom is 0.0670 e. The van der Waals surface area contributed by atoms with E-state index in [0.717, 1.165) is 22.5 Å². The fraction of sp³-hybridized carbons (Fsp3) is 0.538. The molecule has 0 aliphatic rings. The number of ether oxygens (including phenoxy) is 1. The van der Waals surface area contributed by atoms with Crippen molar-refractivity contribution in [2.75, 3.05) is 24.3 Å². The molecule has 3 N–H and O–H groups in total. The molecule has 3 nitrogen and oxygen atoms in total. The van der Waals surface area contributed by atoms with Crippen molar-refractivity contribution >= 4 is 27.3 Å². The number of nitrogens with one attached hydrogen (secondary N) is 1. The van der Waals surface area contributed by atoms with Crippen LogP contribution in [0.25, 0.3) is 0 Å². The van der Waals surface area contributed by atoms with E-state index in [0.29, 0.717) is 18.6 Å². The molecule has 4 heteroatoms. The lowest BCUT2D eigenvalue weighted by Gasteiger charge is -2.24. The number of hydrogen-bond donors (Lipinski definition) is 2. The van der Waals surface area contributed by atoms with Gasteiger partial charge in [-0.1, -0.05) is 13.8 Å². The van der Waals surface area contributed by atoms with Crippen molar-refractivity contribution in [1.82, 2.24) is 0 Å². The Balaban J connectivity index is 2.71. The monoisotopic (exact) mass is 300 g/mol. The Morgan fingerprint density at radius 2 is 2.12 bits per heavy atom. The average Bonchev–Trinajstić information content (AvgIpc) is 2.26. The van der Waals surface area contributed by atoms with Crippen LogP contribution >= 0.6 is 15.9 Å². The van der Waals surface area contributed by atoms with Crippen LogP contribution in [0.1, 0.15) is 20.8 Å². The number of nitrogens with two attached hydrogens (primary N) is 1. The first-order valence-electron chi connectivity index (χ1n) is 5.94. The van der Waals surface area contributed by atoms with Crippen molar-refractivity contribution in [2.45, 2.75) is 26.8 Å². The summed E-state index contributed by atoms with van der Waals surface area (Å²) in [6, 6.07) is 6.08. The van der Waals surface area contributed by atoms with Crippen molar-refractivity contribution in [3.05, 3.63) is 22.7 Å². The Morgan fingerprint density at radius 1 is 1.41 bits per heavy atom. The Kier molecular flexibility index (Phi) is 5.78. The quantitative estimate of drug-likeness (QED) is 0.791. The van der Waals surface area contributed by atoms with E-state index in [2.05, 4.69) is 35.1 Å². The van der Waals surface area contributed by atoms with Gasteiger partial charge in [-0.15, -0.1) is 0 Å². The van der Waals surface area contributed by atoms with E-state index in [-0.39, 0.29) is 0 Å². The lowest BCUT2D eigenvalue weighted by molar-refractivity contribution is 0.127. The van der Waals surface area contributed by atoms with E-state index in [9.17, 15) is 0 Å². The molecule has 0 spiro atoms. The van der Waals surface area contributed by atoms with E-state index in [1.165, 1.54) is 0 Å². The molecule has 0 saturated carbocycles. The van der Waals surface area contributed by atoms with Crippen molar-refractivity contribution < 1.29 is 4.74 Å². The fourth-order valence-corrected chi connectivity index (χ4v) is 2.00. The van der Waals surface area contributed by atoms with Gasteiger partial charge in [-0.3, -0.25) is 0 Å². The lowest BCUT2D eigenvalue weighted by atomic mass is 10.0. The summed E-state index contributed by atoms with van der Waals surface area (Å²) in [5, 5.41) is 3.48. The highest BCUT2D eigenvalue weighted by molar-refractivity contribution is 9.10. The van der Waals surface area contributed by atoms with Gasteiger partial charge in [0.1, 0.15) is 0 Å². The van der Waals surface area contributed by atoms with Gasteiger partial charge in [-0.25, -0.2) is 0 Å². The van der Waals surface area contributed by atoms with Gasteiger partial charge in [0.15, 0.2) is 0 Å². The van der Waals surface area contributed by atoms with Crippen LogP contribution in [-0.2, 0) is 4.74 Å². The van der Waals surface area contributed by atoms with Crippen LogP contribution in [0.5, 0.6) is 0 Å². The van der Waals surface area contributed by atoms with Crippen molar-refractivity contribution in [2.24, 2.45) is 5.92 Å². The summed E-state index contributed by atoms with van der Waals surface area (Å²) in [6.07, 6.45) is 0. The highest BCUT2D eigenvalue weighted by Gasteiger charge is 2.14. The molecular weight excluding hydrogens is 280 g/mol. The highest BCUT2D eigenvalue weighted by Crippen LogP contribution is 2.26. The van der Waals surface area contributed by atoms with E-state index < -0.39 is 0 Å². The van der Waals surface area contributed by atoms with Gasteiger partial charge in [0.25, 0.3) is 0 Å². The average molecular weight is 301 g/mol. The molecule has 0 fully saturated rings. The van der Waals surface area contributed by atoms with E-state index in [1.807, 2.05) is 25.1 Å². The SMILES string of the molecule is CCOCC(Nc1ccc(N)cc1Br)C(C)C. The summed E-state index contributed by atoms with van der Waals surface area (Å²) in [5.74, 6) is 0.506. The smallest absolute Gasteiger partial charge is 0.0670 e. The van der Waals surface area contributed by atoms with Crippen molar-refractivity contribution in [1.29, 1.82) is 0 Å². The Labute approximate surface area is 112 Å². The third-order valence-corrected chi connectivity index (χ3v) is 3.30. The first kappa shape index (κ1) is 14.3. The zero-order valence-electron chi connectivity index (χ0n) is 10.7. The second kappa shape index (κ2) is 6.87. The molecule has 1 aromatic rings. The fourth-order valence-electron chi connectivity index (χ4n) is 1.49. The van der Waals surface area contributed by atoms with E-state index >= 15 is 0 Å². The first-order valence-corrected chi connectivity index (χ1v) is 6.73. The molecule has 0 radical (unpaired) electrons. The molecule has 0 aliphatic heterocycles. The van der Waals surface area contributed by atoms with Crippen LogP contribution < -0.4 is 11.1 Å². The van der Waals surface area contributed by atoms with Crippen molar-refractivity contribution in [3.8, 4) is 0 Å². The van der Waals surface area contributed by atoms with Gasteiger partial charge in [-0.2, -0.15) is 0 Å². The number of benzene rings is 1. The Morgan fingerprint density at radius 3 is 2.65 bits per heavy atom. The van der Waals surface area contributed by atoms with Gasteiger partial charge in [0.2, 0.25) is 0 Å². The van der Waals surface area contributed by atoms with Gasteiger partial charge >= 0.3 is 0 Å². The zero-order chi connectivity index (χ0) is 12.8. The zero-order valence-corrected chi connectivity index (χ0v) is 12.3. The van der Waals surface area contributed by atoms with Crippen molar-refractivity contribution in [3.63, 3.8) is 0 Å². The number of hydrogen-bond acceptors (Lipinski definition) is 3. The molecule has 0 aromatic heterocycles. The van der Waals surface area contributed by atoms with Crippen LogP contribution in [0, 0.1) is 5.92 Å². The summed E-state index contributed by atoms with van der Waals surface area (Å²) < 4.78 is 6.48. The predicted octanol–water partition coefficient (Wildman–Crippen LogP) is 3.50. The second-order valence-electron chi connectivity index (χ2n) is 4.39.